The van der Waals surface area contributed by atoms with Crippen LogP contribution in [0.2, 0.25) is 0 Å². The highest BCUT2D eigenvalue weighted by Crippen LogP contribution is 2.09. The predicted molar refractivity (Wildman–Crippen MR) is 67.8 cm³/mol. The van der Waals surface area contributed by atoms with Gasteiger partial charge in [-0.1, -0.05) is 13.8 Å². The molecule has 90 valence electrons. The first-order valence-electron chi connectivity index (χ1n) is 5.82. The lowest BCUT2D eigenvalue weighted by Gasteiger charge is -2.17. The Bertz CT molecular complexity index is 294. The van der Waals surface area contributed by atoms with Crippen LogP contribution >= 0.6 is 0 Å². The molecule has 0 atom stereocenters. The molecule has 0 amide bonds. The first kappa shape index (κ1) is 12.9. The molecular formula is C12H22N4. The van der Waals surface area contributed by atoms with Crippen LogP contribution in [0.15, 0.2) is 12.1 Å². The van der Waals surface area contributed by atoms with Gasteiger partial charge in [0.05, 0.1) is 5.69 Å². The number of nitrogens with one attached hydrogen (secondary N) is 1. The van der Waals surface area contributed by atoms with Gasteiger partial charge in [-0.05, 0) is 31.5 Å². The fraction of sp³-hybridized carbons (Fsp3) is 0.667. The van der Waals surface area contributed by atoms with Crippen LogP contribution in [0.1, 0.15) is 19.5 Å². The molecule has 1 aromatic rings. The van der Waals surface area contributed by atoms with Gasteiger partial charge >= 0.3 is 0 Å². The van der Waals surface area contributed by atoms with Crippen LogP contribution in [-0.4, -0.2) is 37.4 Å². The molecule has 0 unspecified atom stereocenters. The molecule has 0 radical (unpaired) electrons. The molecule has 0 aliphatic rings. The number of hydrogen-bond donors (Lipinski definition) is 1. The highest BCUT2D eigenvalue weighted by Gasteiger charge is 2.04. The van der Waals surface area contributed by atoms with E-state index in [0.717, 1.165) is 31.0 Å². The molecule has 4 heteroatoms. The van der Waals surface area contributed by atoms with Crippen molar-refractivity contribution in [3.05, 3.63) is 17.8 Å². The lowest BCUT2D eigenvalue weighted by atomic mass is 10.1. The van der Waals surface area contributed by atoms with Crippen LogP contribution in [0.5, 0.6) is 0 Å². The van der Waals surface area contributed by atoms with Gasteiger partial charge in [-0.25, -0.2) is 0 Å². The third-order valence-corrected chi connectivity index (χ3v) is 2.41. The highest BCUT2D eigenvalue weighted by molar-refractivity contribution is 5.36. The molecular weight excluding hydrogens is 200 g/mol. The maximum atomic E-state index is 4.24. The Kier molecular flexibility index (Phi) is 5.19. The maximum Gasteiger partial charge on any atom is 0.151 e. The molecule has 0 aromatic carbocycles. The van der Waals surface area contributed by atoms with Gasteiger partial charge < -0.3 is 10.2 Å². The van der Waals surface area contributed by atoms with Crippen LogP contribution in [0, 0.1) is 5.92 Å². The first-order chi connectivity index (χ1) is 7.63. The van der Waals surface area contributed by atoms with E-state index in [0.29, 0.717) is 5.92 Å². The maximum absolute atomic E-state index is 4.24. The molecule has 0 aliphatic carbocycles. The van der Waals surface area contributed by atoms with Crippen molar-refractivity contribution in [3.8, 4) is 0 Å². The zero-order chi connectivity index (χ0) is 12.0. The molecule has 0 spiro atoms. The normalized spacial score (nSPS) is 10.8. The smallest absolute Gasteiger partial charge is 0.151 e. The molecule has 0 saturated heterocycles. The zero-order valence-corrected chi connectivity index (χ0v) is 10.7. The molecule has 0 fully saturated rings. The van der Waals surface area contributed by atoms with E-state index in [1.165, 1.54) is 0 Å². The van der Waals surface area contributed by atoms with Crippen molar-refractivity contribution in [3.63, 3.8) is 0 Å². The highest BCUT2D eigenvalue weighted by atomic mass is 15.2. The number of likely N-dealkylation sites (N-methyl/N-ethyl adjacent to an activating group) is 2. The molecule has 0 bridgehead atoms. The summed E-state index contributed by atoms with van der Waals surface area (Å²) in [5, 5.41) is 11.6. The monoisotopic (exact) mass is 222 g/mol. The summed E-state index contributed by atoms with van der Waals surface area (Å²) in [7, 11) is 3.98. The Labute approximate surface area is 98.1 Å². The minimum Gasteiger partial charge on any atom is -0.357 e. The van der Waals surface area contributed by atoms with E-state index < -0.39 is 0 Å². The number of nitrogens with zero attached hydrogens (tertiary/aromatic N) is 3. The van der Waals surface area contributed by atoms with E-state index in [2.05, 4.69) is 40.3 Å². The quantitative estimate of drug-likeness (QED) is 0.788. The second-order valence-electron chi connectivity index (χ2n) is 4.51. The van der Waals surface area contributed by atoms with Gasteiger partial charge in [0.15, 0.2) is 5.82 Å². The molecule has 4 nitrogen and oxygen atoms in total. The Morgan fingerprint density at radius 1 is 1.31 bits per heavy atom. The Balaban J connectivity index is 2.56. The van der Waals surface area contributed by atoms with Crippen molar-refractivity contribution in [2.75, 3.05) is 32.1 Å². The van der Waals surface area contributed by atoms with Crippen LogP contribution < -0.4 is 10.2 Å². The average molecular weight is 222 g/mol. The van der Waals surface area contributed by atoms with Crippen molar-refractivity contribution >= 4 is 5.82 Å². The number of hydrogen-bond acceptors (Lipinski definition) is 4. The van der Waals surface area contributed by atoms with Crippen molar-refractivity contribution in [2.45, 2.75) is 20.3 Å². The van der Waals surface area contributed by atoms with Gasteiger partial charge in [0.25, 0.3) is 0 Å². The second-order valence-corrected chi connectivity index (χ2v) is 4.51. The van der Waals surface area contributed by atoms with E-state index in [1.54, 1.807) is 0 Å². The third kappa shape index (κ3) is 4.14. The fourth-order valence-electron chi connectivity index (χ4n) is 1.48. The summed E-state index contributed by atoms with van der Waals surface area (Å²) < 4.78 is 0. The van der Waals surface area contributed by atoms with Gasteiger partial charge in [-0.15, -0.1) is 5.10 Å². The summed E-state index contributed by atoms with van der Waals surface area (Å²) in [6, 6.07) is 4.11. The van der Waals surface area contributed by atoms with Gasteiger partial charge in [-0.3, -0.25) is 0 Å². The largest absolute Gasteiger partial charge is 0.357 e. The summed E-state index contributed by atoms with van der Waals surface area (Å²) in [6.07, 6.45) is 0.994. The van der Waals surface area contributed by atoms with E-state index in [1.807, 2.05) is 20.2 Å². The zero-order valence-electron chi connectivity index (χ0n) is 10.7. The summed E-state index contributed by atoms with van der Waals surface area (Å²) in [5.74, 6) is 1.56. The Morgan fingerprint density at radius 2 is 2.06 bits per heavy atom. The lowest BCUT2D eigenvalue weighted by molar-refractivity contribution is 0.627. The summed E-state index contributed by atoms with van der Waals surface area (Å²) in [4.78, 5) is 2.10. The van der Waals surface area contributed by atoms with Gasteiger partial charge in [0, 0.05) is 20.1 Å². The fourth-order valence-corrected chi connectivity index (χ4v) is 1.48. The van der Waals surface area contributed by atoms with E-state index in [9.17, 15) is 0 Å². The standard InChI is InChI=1S/C12H22N4/c1-10(2)9-11-5-6-12(15-14-11)16(4)8-7-13-3/h5-6,10,13H,7-9H2,1-4H3. The second kappa shape index (κ2) is 6.43. The van der Waals surface area contributed by atoms with Crippen LogP contribution in [0.25, 0.3) is 0 Å². The van der Waals surface area contributed by atoms with E-state index in [-0.39, 0.29) is 0 Å². The molecule has 16 heavy (non-hydrogen) atoms. The van der Waals surface area contributed by atoms with Crippen molar-refractivity contribution in [2.24, 2.45) is 5.92 Å². The van der Waals surface area contributed by atoms with Gasteiger partial charge in [0.1, 0.15) is 0 Å². The molecule has 1 N–H and O–H groups in total. The molecule has 1 aromatic heterocycles. The number of anilines is 1. The van der Waals surface area contributed by atoms with Gasteiger partial charge in [0.2, 0.25) is 0 Å². The Morgan fingerprint density at radius 3 is 2.56 bits per heavy atom. The summed E-state index contributed by atoms with van der Waals surface area (Å²) in [5.41, 5.74) is 1.07. The van der Waals surface area contributed by atoms with Crippen molar-refractivity contribution in [1.29, 1.82) is 0 Å². The topological polar surface area (TPSA) is 41.0 Å². The molecule has 0 aliphatic heterocycles. The van der Waals surface area contributed by atoms with Crippen LogP contribution in [-0.2, 0) is 6.42 Å². The van der Waals surface area contributed by atoms with Crippen molar-refractivity contribution < 1.29 is 0 Å². The van der Waals surface area contributed by atoms with Crippen LogP contribution in [0.4, 0.5) is 5.82 Å². The third-order valence-electron chi connectivity index (χ3n) is 2.41. The number of rotatable bonds is 6. The van der Waals surface area contributed by atoms with E-state index in [4.69, 9.17) is 0 Å². The summed E-state index contributed by atoms with van der Waals surface area (Å²) in [6.45, 7) is 6.27. The minimum absolute atomic E-state index is 0.627. The van der Waals surface area contributed by atoms with Gasteiger partial charge in [-0.2, -0.15) is 5.10 Å². The molecule has 0 saturated carbocycles. The SMILES string of the molecule is CNCCN(C)c1ccc(CC(C)C)nn1. The van der Waals surface area contributed by atoms with Crippen molar-refractivity contribution in [1.82, 2.24) is 15.5 Å². The Hall–Kier alpha value is -1.16. The summed E-state index contributed by atoms with van der Waals surface area (Å²) >= 11 is 0. The predicted octanol–water partition coefficient (Wildman–Crippen LogP) is 1.33. The molecule has 1 heterocycles. The van der Waals surface area contributed by atoms with E-state index >= 15 is 0 Å². The number of aromatic nitrogens is 2. The minimum atomic E-state index is 0.627. The molecule has 1 rings (SSSR count). The first-order valence-corrected chi connectivity index (χ1v) is 5.82. The lowest BCUT2D eigenvalue weighted by Crippen LogP contribution is -2.27. The average Bonchev–Trinajstić information content (AvgIpc) is 2.26. The van der Waals surface area contributed by atoms with Crippen LogP contribution in [0.3, 0.4) is 0 Å².